The highest BCUT2D eigenvalue weighted by molar-refractivity contribution is 7.92. The number of urea groups is 1. The Bertz CT molecular complexity index is 1760. The zero-order chi connectivity index (χ0) is 28.3. The number of sulfonamides is 1. The van der Waals surface area contributed by atoms with E-state index in [1.807, 2.05) is 4.72 Å². The van der Waals surface area contributed by atoms with Crippen molar-refractivity contribution in [2.45, 2.75) is 4.21 Å². The van der Waals surface area contributed by atoms with Gasteiger partial charge >= 0.3 is 11.7 Å². The molecule has 0 bridgehead atoms. The first-order valence-corrected chi connectivity index (χ1v) is 14.9. The van der Waals surface area contributed by atoms with Crippen LogP contribution in [-0.4, -0.2) is 68.3 Å². The molecular formula is C25H25ClN6O6S2. The maximum atomic E-state index is 13.2. The molecule has 3 heterocycles. The van der Waals surface area contributed by atoms with E-state index in [4.69, 9.17) is 16.3 Å². The van der Waals surface area contributed by atoms with E-state index in [9.17, 15) is 22.8 Å². The van der Waals surface area contributed by atoms with Gasteiger partial charge in [0, 0.05) is 37.6 Å². The molecule has 4 aromatic rings. The van der Waals surface area contributed by atoms with E-state index in [1.54, 1.807) is 18.2 Å². The van der Waals surface area contributed by atoms with Crippen LogP contribution in [0.3, 0.4) is 0 Å². The summed E-state index contributed by atoms with van der Waals surface area (Å²) in [7, 11) is -4.09. The molecule has 12 nitrogen and oxygen atoms in total. The fraction of sp³-hybridized carbons (Fsp3) is 0.240. The first kappa shape index (κ1) is 27.9. The number of H-pyrrole nitrogens is 1. The number of anilines is 2. The highest BCUT2D eigenvalue weighted by atomic mass is 35.5. The number of halogens is 1. The minimum Gasteiger partial charge on any atom is -0.384 e. The number of ether oxygens (including phenoxy) is 1. The van der Waals surface area contributed by atoms with Gasteiger partial charge in [0.2, 0.25) is 0 Å². The topological polar surface area (TPSA) is 155 Å². The normalized spacial score (nSPS) is 14.2. The number of fused-ring (bicyclic) bond motifs is 1. The Morgan fingerprint density at radius 1 is 1.02 bits per heavy atom. The Balaban J connectivity index is 1.27. The lowest BCUT2D eigenvalue weighted by atomic mass is 10.2. The van der Waals surface area contributed by atoms with Crippen LogP contribution in [0.4, 0.5) is 16.2 Å². The second kappa shape index (κ2) is 11.8. The van der Waals surface area contributed by atoms with Gasteiger partial charge in [-0.05, 0) is 54.6 Å². The summed E-state index contributed by atoms with van der Waals surface area (Å²) < 4.78 is 33.0. The maximum Gasteiger partial charge on any atom is 0.333 e. The lowest BCUT2D eigenvalue weighted by molar-refractivity contribution is 0.0398. The van der Waals surface area contributed by atoms with Crippen molar-refractivity contribution in [3.8, 4) is 5.69 Å². The second-order valence-electron chi connectivity index (χ2n) is 8.88. The summed E-state index contributed by atoms with van der Waals surface area (Å²) in [5.74, 6) is 0. The molecule has 15 heteroatoms. The van der Waals surface area contributed by atoms with Crippen LogP contribution in [0.15, 0.2) is 68.4 Å². The third-order valence-corrected chi connectivity index (χ3v) is 9.24. The largest absolute Gasteiger partial charge is 0.384 e. The fourth-order valence-corrected chi connectivity index (χ4v) is 6.60. The average Bonchev–Trinajstić information content (AvgIpc) is 3.37. The summed E-state index contributed by atoms with van der Waals surface area (Å²) in [6.45, 7) is 4.81. The Labute approximate surface area is 237 Å². The average molecular weight is 605 g/mol. The molecule has 2 aromatic heterocycles. The number of nitrogens with zero attached hydrogens (tertiary/aromatic N) is 2. The molecule has 0 atom stereocenters. The molecule has 0 unspecified atom stereocenters. The quantitative estimate of drug-likeness (QED) is 0.239. The lowest BCUT2D eigenvalue weighted by Crippen LogP contribution is -2.39. The van der Waals surface area contributed by atoms with Crippen LogP contribution in [0.5, 0.6) is 0 Å². The molecule has 40 heavy (non-hydrogen) atoms. The van der Waals surface area contributed by atoms with Gasteiger partial charge in [-0.25, -0.2) is 27.3 Å². The van der Waals surface area contributed by atoms with Gasteiger partial charge in [0.25, 0.3) is 15.6 Å². The number of carbonyl (C=O) groups excluding carboxylic acids is 1. The number of hydrogen-bond acceptors (Lipinski definition) is 9. The smallest absolute Gasteiger partial charge is 0.333 e. The van der Waals surface area contributed by atoms with E-state index in [-0.39, 0.29) is 19.9 Å². The Morgan fingerprint density at radius 2 is 1.75 bits per heavy atom. The molecule has 2 aromatic carbocycles. The molecule has 2 amide bonds. The number of rotatable bonds is 8. The van der Waals surface area contributed by atoms with Crippen LogP contribution in [-0.2, 0) is 14.8 Å². The second-order valence-corrected chi connectivity index (χ2v) is 12.5. The van der Waals surface area contributed by atoms with Crippen molar-refractivity contribution in [3.63, 3.8) is 0 Å². The molecule has 0 spiro atoms. The third kappa shape index (κ3) is 6.37. The summed E-state index contributed by atoms with van der Waals surface area (Å²) in [4.78, 5) is 43.3. The molecule has 1 aliphatic heterocycles. The number of morpholine rings is 1. The van der Waals surface area contributed by atoms with Crippen LogP contribution >= 0.6 is 22.9 Å². The van der Waals surface area contributed by atoms with E-state index in [1.165, 1.54) is 36.4 Å². The molecule has 0 saturated carbocycles. The third-order valence-electron chi connectivity index (χ3n) is 6.18. The van der Waals surface area contributed by atoms with Gasteiger partial charge in [-0.3, -0.25) is 9.69 Å². The summed E-state index contributed by atoms with van der Waals surface area (Å²) in [6, 6.07) is 12.7. The number of amides is 2. The van der Waals surface area contributed by atoms with E-state index >= 15 is 0 Å². The van der Waals surface area contributed by atoms with Crippen molar-refractivity contribution >= 4 is 61.3 Å². The molecule has 5 rings (SSSR count). The minimum atomic E-state index is -4.09. The first-order chi connectivity index (χ1) is 19.2. The van der Waals surface area contributed by atoms with E-state index in [2.05, 4.69) is 20.5 Å². The number of carbonyl (C=O) groups is 1. The van der Waals surface area contributed by atoms with Crippen molar-refractivity contribution in [1.82, 2.24) is 19.2 Å². The first-order valence-electron chi connectivity index (χ1n) is 12.2. The molecule has 1 aliphatic rings. The zero-order valence-electron chi connectivity index (χ0n) is 21.0. The van der Waals surface area contributed by atoms with E-state index < -0.39 is 27.3 Å². The van der Waals surface area contributed by atoms with Crippen LogP contribution in [0.1, 0.15) is 0 Å². The predicted octanol–water partition coefficient (Wildman–Crippen LogP) is 2.65. The number of aromatic nitrogens is 2. The number of hydrogen-bond donors (Lipinski definition) is 4. The monoisotopic (exact) mass is 604 g/mol. The van der Waals surface area contributed by atoms with Gasteiger partial charge in [-0.1, -0.05) is 11.6 Å². The molecule has 1 saturated heterocycles. The van der Waals surface area contributed by atoms with Gasteiger partial charge < -0.3 is 20.4 Å². The minimum absolute atomic E-state index is 0.103. The molecule has 0 radical (unpaired) electrons. The Morgan fingerprint density at radius 3 is 2.45 bits per heavy atom. The van der Waals surface area contributed by atoms with Crippen LogP contribution in [0, 0.1) is 0 Å². The molecular weight excluding hydrogens is 580 g/mol. The standard InChI is InChI=1S/C25H25ClN6O6S2/c26-21-7-8-22(39-21)40(36,37)30-24(34)28-16-1-4-18(5-2-16)32-23(33)19-6-3-17(15-20(19)29-25(32)35)27-9-10-31-11-13-38-14-12-31/h1-8,15,27H,9-14H2,(H,29,35)(H2,28,30,34). The fourth-order valence-electron chi connectivity index (χ4n) is 4.21. The zero-order valence-corrected chi connectivity index (χ0v) is 23.4. The SMILES string of the molecule is O=C(Nc1ccc(-n2c(=O)[nH]c3cc(NCCN4CCOCC4)ccc3c2=O)cc1)NS(=O)(=O)c1ccc(Cl)s1. The molecule has 1 fully saturated rings. The number of aromatic amines is 1. The number of thiophene rings is 1. The summed E-state index contributed by atoms with van der Waals surface area (Å²) >= 11 is 6.59. The number of nitrogens with one attached hydrogen (secondary N) is 4. The van der Waals surface area contributed by atoms with E-state index in [0.717, 1.165) is 54.4 Å². The maximum absolute atomic E-state index is 13.2. The predicted molar refractivity (Wildman–Crippen MR) is 155 cm³/mol. The molecule has 0 aliphatic carbocycles. The Hall–Kier alpha value is -3.69. The highest BCUT2D eigenvalue weighted by Crippen LogP contribution is 2.25. The van der Waals surface area contributed by atoms with Crippen molar-refractivity contribution < 1.29 is 17.9 Å². The van der Waals surface area contributed by atoms with Crippen LogP contribution < -0.4 is 26.6 Å². The van der Waals surface area contributed by atoms with Gasteiger partial charge in [0.15, 0.2) is 0 Å². The van der Waals surface area contributed by atoms with Gasteiger partial charge in [-0.15, -0.1) is 11.3 Å². The van der Waals surface area contributed by atoms with Gasteiger partial charge in [0.1, 0.15) is 4.21 Å². The van der Waals surface area contributed by atoms with Crippen molar-refractivity contribution in [3.05, 3.63) is 79.8 Å². The van der Waals surface area contributed by atoms with Crippen molar-refractivity contribution in [2.75, 3.05) is 50.0 Å². The Kier molecular flexibility index (Phi) is 8.23. The van der Waals surface area contributed by atoms with E-state index in [0.29, 0.717) is 17.4 Å². The summed E-state index contributed by atoms with van der Waals surface area (Å²) in [5.41, 5.74) is 0.587. The van der Waals surface area contributed by atoms with Crippen molar-refractivity contribution in [2.24, 2.45) is 0 Å². The summed E-state index contributed by atoms with van der Waals surface area (Å²) in [5, 5.41) is 6.06. The number of benzene rings is 2. The highest BCUT2D eigenvalue weighted by Gasteiger charge is 2.20. The van der Waals surface area contributed by atoms with Gasteiger partial charge in [-0.2, -0.15) is 0 Å². The molecule has 4 N–H and O–H groups in total. The van der Waals surface area contributed by atoms with Crippen LogP contribution in [0.2, 0.25) is 4.34 Å². The van der Waals surface area contributed by atoms with Gasteiger partial charge in [0.05, 0.1) is 34.1 Å². The van der Waals surface area contributed by atoms with Crippen molar-refractivity contribution in [1.29, 1.82) is 0 Å². The van der Waals surface area contributed by atoms with Crippen LogP contribution in [0.25, 0.3) is 16.6 Å². The molecule has 210 valence electrons. The lowest BCUT2D eigenvalue weighted by Gasteiger charge is -2.26. The summed E-state index contributed by atoms with van der Waals surface area (Å²) in [6.07, 6.45) is 0.